The molecule has 1 aromatic carbocycles. The molecule has 0 fully saturated rings. The van der Waals surface area contributed by atoms with Crippen molar-refractivity contribution >= 4 is 5.78 Å². The number of alkyl halides is 3. The van der Waals surface area contributed by atoms with Gasteiger partial charge in [0.1, 0.15) is 5.75 Å². The highest BCUT2D eigenvalue weighted by Crippen LogP contribution is 2.44. The molecule has 0 bridgehead atoms. The van der Waals surface area contributed by atoms with Gasteiger partial charge in [-0.2, -0.15) is 13.2 Å². The minimum Gasteiger partial charge on any atom is -0.507 e. The van der Waals surface area contributed by atoms with Crippen LogP contribution in [0.15, 0.2) is 12.1 Å². The summed E-state index contributed by atoms with van der Waals surface area (Å²) in [6, 6.07) is 2.11. The number of carbonyl (C=O) groups excluding carboxylic acids is 1. The fourth-order valence-corrected chi connectivity index (χ4v) is 2.34. The van der Waals surface area contributed by atoms with Crippen molar-refractivity contribution in [2.45, 2.75) is 58.2 Å². The van der Waals surface area contributed by atoms with Gasteiger partial charge in [-0.25, -0.2) is 0 Å². The van der Waals surface area contributed by atoms with Crippen LogP contribution >= 0.6 is 0 Å². The van der Waals surface area contributed by atoms with Crippen LogP contribution in [0, 0.1) is 0 Å². The lowest BCUT2D eigenvalue weighted by Gasteiger charge is -2.30. The fourth-order valence-electron chi connectivity index (χ4n) is 2.34. The van der Waals surface area contributed by atoms with Gasteiger partial charge in [-0.15, -0.1) is 0 Å². The quantitative estimate of drug-likeness (QED) is 0.883. The molecule has 0 aliphatic carbocycles. The molecule has 0 saturated heterocycles. The maximum absolute atomic E-state index is 13.3. The van der Waals surface area contributed by atoms with Gasteiger partial charge in [0.15, 0.2) is 5.78 Å². The molecule has 0 aromatic heterocycles. The number of hydrogen-bond donors (Lipinski definition) is 2. The van der Waals surface area contributed by atoms with Crippen LogP contribution in [0.4, 0.5) is 13.2 Å². The molecular weight excluding hydrogens is 297 g/mol. The average molecular weight is 318 g/mol. The van der Waals surface area contributed by atoms with Gasteiger partial charge in [0.2, 0.25) is 5.60 Å². The van der Waals surface area contributed by atoms with Gasteiger partial charge < -0.3 is 10.2 Å². The first-order valence-corrected chi connectivity index (χ1v) is 7.01. The molecule has 0 heterocycles. The number of hydrogen-bond acceptors (Lipinski definition) is 3. The molecule has 1 unspecified atom stereocenters. The third kappa shape index (κ3) is 2.97. The van der Waals surface area contributed by atoms with Crippen molar-refractivity contribution in [2.75, 3.05) is 0 Å². The minimum atomic E-state index is -5.14. The lowest BCUT2D eigenvalue weighted by Crippen LogP contribution is -2.48. The molecule has 6 heteroatoms. The number of aromatic hydroxyl groups is 1. The summed E-state index contributed by atoms with van der Waals surface area (Å²) < 4.78 is 39.8. The molecular formula is C16H21F3O3. The first kappa shape index (κ1) is 18.5. The van der Waals surface area contributed by atoms with Crippen molar-refractivity contribution in [3.8, 4) is 5.75 Å². The SMILES string of the molecule is CC(=O)C(O)(c1cc(C(C)C)c(O)c(C(C)C)c1)C(F)(F)F. The Kier molecular flexibility index (Phi) is 4.97. The van der Waals surface area contributed by atoms with E-state index in [1.165, 1.54) is 0 Å². The third-order valence-corrected chi connectivity index (χ3v) is 3.75. The Morgan fingerprint density at radius 1 is 1.05 bits per heavy atom. The van der Waals surface area contributed by atoms with Crippen molar-refractivity contribution in [3.63, 3.8) is 0 Å². The van der Waals surface area contributed by atoms with Crippen LogP contribution in [-0.4, -0.2) is 22.2 Å². The number of Topliss-reactive ketones (excluding diaryl/α,β-unsaturated/α-hetero) is 1. The number of phenols is 1. The molecule has 0 spiro atoms. The van der Waals surface area contributed by atoms with E-state index in [4.69, 9.17) is 0 Å². The van der Waals surface area contributed by atoms with Crippen molar-refractivity contribution in [2.24, 2.45) is 0 Å². The summed E-state index contributed by atoms with van der Waals surface area (Å²) >= 11 is 0. The predicted octanol–water partition coefficient (Wildman–Crippen LogP) is 3.98. The highest BCUT2D eigenvalue weighted by atomic mass is 19.4. The Balaban J connectivity index is 3.76. The summed E-state index contributed by atoms with van der Waals surface area (Å²) in [5, 5.41) is 20.3. The van der Waals surface area contributed by atoms with Crippen LogP contribution in [-0.2, 0) is 10.4 Å². The van der Waals surface area contributed by atoms with Crippen LogP contribution in [0.25, 0.3) is 0 Å². The Hall–Kier alpha value is -1.56. The fraction of sp³-hybridized carbons (Fsp3) is 0.562. The summed E-state index contributed by atoms with van der Waals surface area (Å²) in [6.45, 7) is 7.55. The van der Waals surface area contributed by atoms with E-state index in [-0.39, 0.29) is 28.7 Å². The second-order valence-corrected chi connectivity index (χ2v) is 6.08. The van der Waals surface area contributed by atoms with Gasteiger partial charge in [0.25, 0.3) is 0 Å². The molecule has 2 N–H and O–H groups in total. The van der Waals surface area contributed by atoms with Gasteiger partial charge in [0, 0.05) is 5.56 Å². The molecule has 0 amide bonds. The Bertz CT molecular complexity index is 547. The van der Waals surface area contributed by atoms with Gasteiger partial charge in [-0.1, -0.05) is 27.7 Å². The van der Waals surface area contributed by atoms with Gasteiger partial charge in [0.05, 0.1) is 0 Å². The summed E-state index contributed by atoms with van der Waals surface area (Å²) in [5.74, 6) is -2.03. The number of phenolic OH excluding ortho intramolecular Hbond substituents is 1. The van der Waals surface area contributed by atoms with E-state index in [0.29, 0.717) is 6.92 Å². The van der Waals surface area contributed by atoms with E-state index in [1.807, 2.05) is 0 Å². The Morgan fingerprint density at radius 2 is 1.41 bits per heavy atom. The maximum atomic E-state index is 13.3. The molecule has 0 aliphatic rings. The van der Waals surface area contributed by atoms with E-state index >= 15 is 0 Å². The van der Waals surface area contributed by atoms with Crippen LogP contribution < -0.4 is 0 Å². The number of aliphatic hydroxyl groups is 1. The van der Waals surface area contributed by atoms with Crippen molar-refractivity contribution in [1.82, 2.24) is 0 Å². The van der Waals surface area contributed by atoms with Gasteiger partial charge in [-0.3, -0.25) is 4.79 Å². The number of benzene rings is 1. The smallest absolute Gasteiger partial charge is 0.428 e. The third-order valence-electron chi connectivity index (χ3n) is 3.75. The topological polar surface area (TPSA) is 57.5 Å². The van der Waals surface area contributed by atoms with Crippen LogP contribution in [0.2, 0.25) is 0 Å². The highest BCUT2D eigenvalue weighted by molar-refractivity contribution is 5.87. The van der Waals surface area contributed by atoms with E-state index in [2.05, 4.69) is 0 Å². The van der Waals surface area contributed by atoms with Crippen molar-refractivity contribution in [1.29, 1.82) is 0 Å². The normalized spacial score (nSPS) is 15.2. The number of halogens is 3. The zero-order chi connectivity index (χ0) is 17.5. The molecule has 0 aliphatic heterocycles. The first-order chi connectivity index (χ1) is 9.84. The standard InChI is InChI=1S/C16H21F3O3/c1-8(2)12-6-11(7-13(9(3)4)14(12)21)15(22,10(5)20)16(17,18)19/h6-9,21-22H,1-5H3. The summed E-state index contributed by atoms with van der Waals surface area (Å²) in [4.78, 5) is 11.5. The van der Waals surface area contributed by atoms with Crippen molar-refractivity contribution < 1.29 is 28.2 Å². The number of ketones is 1. The summed E-state index contributed by atoms with van der Waals surface area (Å²) in [7, 11) is 0. The molecule has 3 nitrogen and oxygen atoms in total. The van der Waals surface area contributed by atoms with Crippen LogP contribution in [0.5, 0.6) is 5.75 Å². The highest BCUT2D eigenvalue weighted by Gasteiger charge is 2.59. The lowest BCUT2D eigenvalue weighted by atomic mass is 9.83. The molecule has 1 rings (SSSR count). The Morgan fingerprint density at radius 3 is 1.64 bits per heavy atom. The zero-order valence-corrected chi connectivity index (χ0v) is 13.2. The molecule has 0 radical (unpaired) electrons. The largest absolute Gasteiger partial charge is 0.507 e. The molecule has 22 heavy (non-hydrogen) atoms. The molecule has 124 valence electrons. The summed E-state index contributed by atoms with van der Waals surface area (Å²) in [6.07, 6.45) is -5.14. The number of carbonyl (C=O) groups is 1. The van der Waals surface area contributed by atoms with Crippen molar-refractivity contribution in [3.05, 3.63) is 28.8 Å². The zero-order valence-electron chi connectivity index (χ0n) is 13.2. The maximum Gasteiger partial charge on any atom is 0.428 e. The van der Waals surface area contributed by atoms with E-state index < -0.39 is 23.1 Å². The summed E-state index contributed by atoms with van der Waals surface area (Å²) in [5.41, 5.74) is -3.60. The average Bonchev–Trinajstić information content (AvgIpc) is 2.35. The van der Waals surface area contributed by atoms with Gasteiger partial charge >= 0.3 is 6.18 Å². The minimum absolute atomic E-state index is 0.0955. The van der Waals surface area contributed by atoms with E-state index in [9.17, 15) is 28.2 Å². The number of rotatable bonds is 4. The van der Waals surface area contributed by atoms with E-state index in [1.54, 1.807) is 27.7 Å². The molecule has 1 atom stereocenters. The van der Waals surface area contributed by atoms with Gasteiger partial charge in [-0.05, 0) is 42.0 Å². The monoisotopic (exact) mass is 318 g/mol. The second-order valence-electron chi connectivity index (χ2n) is 6.08. The van der Waals surface area contributed by atoms with Crippen LogP contribution in [0.3, 0.4) is 0 Å². The predicted molar refractivity (Wildman–Crippen MR) is 76.9 cm³/mol. The molecule has 1 aromatic rings. The van der Waals surface area contributed by atoms with E-state index in [0.717, 1.165) is 12.1 Å². The second kappa shape index (κ2) is 5.91. The molecule has 0 saturated carbocycles. The van der Waals surface area contributed by atoms with Crippen LogP contribution in [0.1, 0.15) is 63.1 Å². The lowest BCUT2D eigenvalue weighted by molar-refractivity contribution is -0.254. The first-order valence-electron chi connectivity index (χ1n) is 7.01. The Labute approximate surface area is 127 Å².